The Morgan fingerprint density at radius 1 is 0.862 bits per heavy atom. The Labute approximate surface area is 168 Å². The lowest BCUT2D eigenvalue weighted by Crippen LogP contribution is -2.57. The Morgan fingerprint density at radius 3 is 1.86 bits per heavy atom. The first kappa shape index (κ1) is 26.3. The van der Waals surface area contributed by atoms with Crippen molar-refractivity contribution in [2.45, 2.75) is 64.3 Å². The zero-order chi connectivity index (χ0) is 22.7. The molecule has 0 aliphatic rings. The van der Waals surface area contributed by atoms with Crippen LogP contribution in [0.25, 0.3) is 0 Å². The molecule has 12 heteroatoms. The summed E-state index contributed by atoms with van der Waals surface area (Å²) in [6.45, 7) is 4.22. The molecular formula is C17H30N4O8. The highest BCUT2D eigenvalue weighted by molar-refractivity contribution is 5.94. The van der Waals surface area contributed by atoms with E-state index >= 15 is 0 Å². The molecule has 0 fully saturated rings. The molecule has 0 aromatic heterocycles. The molecule has 0 radical (unpaired) electrons. The molecule has 29 heavy (non-hydrogen) atoms. The van der Waals surface area contributed by atoms with Crippen LogP contribution in [0, 0.1) is 5.92 Å². The minimum Gasteiger partial charge on any atom is -0.481 e. The predicted molar refractivity (Wildman–Crippen MR) is 100 cm³/mol. The van der Waals surface area contributed by atoms with Crippen molar-refractivity contribution in [2.75, 3.05) is 6.54 Å². The minimum absolute atomic E-state index is 0.0356. The fourth-order valence-electron chi connectivity index (χ4n) is 2.28. The number of hydrogen-bond acceptors (Lipinski definition) is 7. The van der Waals surface area contributed by atoms with Gasteiger partial charge in [-0.3, -0.25) is 24.0 Å². The molecule has 4 atom stereocenters. The maximum atomic E-state index is 12.6. The van der Waals surface area contributed by atoms with Crippen LogP contribution in [-0.4, -0.2) is 75.8 Å². The van der Waals surface area contributed by atoms with E-state index in [-0.39, 0.29) is 18.8 Å². The average molecular weight is 418 g/mol. The molecule has 0 spiro atoms. The third kappa shape index (κ3) is 11.0. The number of rotatable bonds is 13. The van der Waals surface area contributed by atoms with E-state index in [1.54, 1.807) is 13.8 Å². The normalized spacial score (nSPS) is 15.0. The summed E-state index contributed by atoms with van der Waals surface area (Å²) in [5, 5.41) is 33.8. The summed E-state index contributed by atoms with van der Waals surface area (Å²) in [5.74, 6) is -4.90. The molecule has 12 nitrogen and oxygen atoms in total. The third-order valence-corrected chi connectivity index (χ3v) is 3.86. The Kier molecular flexibility index (Phi) is 11.5. The number of carbonyl (C=O) groups excluding carboxylic acids is 3. The molecule has 0 rings (SSSR count). The first-order valence-electron chi connectivity index (χ1n) is 9.10. The van der Waals surface area contributed by atoms with Crippen LogP contribution in [0.4, 0.5) is 0 Å². The highest BCUT2D eigenvalue weighted by Gasteiger charge is 2.30. The van der Waals surface area contributed by atoms with Gasteiger partial charge in [0.25, 0.3) is 0 Å². The first-order valence-corrected chi connectivity index (χ1v) is 9.10. The van der Waals surface area contributed by atoms with Crippen molar-refractivity contribution in [1.82, 2.24) is 16.0 Å². The van der Waals surface area contributed by atoms with Gasteiger partial charge in [0.2, 0.25) is 17.7 Å². The van der Waals surface area contributed by atoms with Crippen LogP contribution in [0.3, 0.4) is 0 Å². The van der Waals surface area contributed by atoms with Gasteiger partial charge in [-0.2, -0.15) is 0 Å². The van der Waals surface area contributed by atoms with Gasteiger partial charge in [0.15, 0.2) is 0 Å². The number of aliphatic carboxylic acids is 2. The molecule has 0 bridgehead atoms. The molecule has 0 aliphatic carbocycles. The van der Waals surface area contributed by atoms with Crippen LogP contribution in [0.5, 0.6) is 0 Å². The second kappa shape index (κ2) is 12.7. The minimum atomic E-state index is -1.33. The maximum Gasteiger partial charge on any atom is 0.322 e. The average Bonchev–Trinajstić information content (AvgIpc) is 2.60. The quantitative estimate of drug-likeness (QED) is 0.172. The zero-order valence-corrected chi connectivity index (χ0v) is 16.7. The zero-order valence-electron chi connectivity index (χ0n) is 16.7. The monoisotopic (exact) mass is 418 g/mol. The number of hydrogen-bond donors (Lipinski definition) is 7. The van der Waals surface area contributed by atoms with E-state index < -0.39 is 66.9 Å². The smallest absolute Gasteiger partial charge is 0.322 e. The fourth-order valence-corrected chi connectivity index (χ4v) is 2.28. The summed E-state index contributed by atoms with van der Waals surface area (Å²) in [4.78, 5) is 58.3. The third-order valence-electron chi connectivity index (χ3n) is 3.86. The number of nitrogens with two attached hydrogens (primary N) is 1. The maximum absolute atomic E-state index is 12.6. The number of aliphatic hydroxyl groups is 1. The van der Waals surface area contributed by atoms with Crippen LogP contribution in [0.1, 0.15) is 40.0 Å². The number of nitrogens with one attached hydrogen (secondary N) is 3. The van der Waals surface area contributed by atoms with Crippen molar-refractivity contribution in [2.24, 2.45) is 11.7 Å². The van der Waals surface area contributed by atoms with E-state index in [1.165, 1.54) is 6.92 Å². The summed E-state index contributed by atoms with van der Waals surface area (Å²) >= 11 is 0. The van der Waals surface area contributed by atoms with E-state index in [0.717, 1.165) is 0 Å². The van der Waals surface area contributed by atoms with Crippen molar-refractivity contribution < 1.29 is 39.3 Å². The van der Waals surface area contributed by atoms with Gasteiger partial charge < -0.3 is 37.0 Å². The fraction of sp³-hybridized carbons (Fsp3) is 0.706. The van der Waals surface area contributed by atoms with Crippen LogP contribution < -0.4 is 21.7 Å². The highest BCUT2D eigenvalue weighted by Crippen LogP contribution is 2.07. The number of carboxylic acid groups (broad SMARTS) is 2. The summed E-state index contributed by atoms with van der Waals surface area (Å²) in [5.41, 5.74) is 5.52. The van der Waals surface area contributed by atoms with Gasteiger partial charge in [-0.25, -0.2) is 0 Å². The van der Waals surface area contributed by atoms with Crippen molar-refractivity contribution in [1.29, 1.82) is 0 Å². The Balaban J connectivity index is 5.31. The molecule has 0 aromatic carbocycles. The molecule has 0 saturated carbocycles. The Hall–Kier alpha value is -2.73. The molecule has 8 N–H and O–H groups in total. The summed E-state index contributed by atoms with van der Waals surface area (Å²) in [6.07, 6.45) is -1.73. The molecular weight excluding hydrogens is 388 g/mol. The van der Waals surface area contributed by atoms with Crippen LogP contribution in [0.2, 0.25) is 0 Å². The van der Waals surface area contributed by atoms with Crippen LogP contribution in [-0.2, 0) is 24.0 Å². The summed E-state index contributed by atoms with van der Waals surface area (Å²) in [7, 11) is 0. The van der Waals surface area contributed by atoms with Gasteiger partial charge in [-0.15, -0.1) is 0 Å². The van der Waals surface area contributed by atoms with Crippen molar-refractivity contribution in [3.05, 3.63) is 0 Å². The summed E-state index contributed by atoms with van der Waals surface area (Å²) in [6, 6.07) is -3.73. The van der Waals surface area contributed by atoms with Gasteiger partial charge in [0.05, 0.1) is 6.10 Å². The van der Waals surface area contributed by atoms with E-state index in [4.69, 9.17) is 15.9 Å². The van der Waals surface area contributed by atoms with Crippen molar-refractivity contribution in [3.8, 4) is 0 Å². The standard InChI is InChI=1S/C17H30N4O8/c1-8(2)6-11(15(27)19-7-13(25)26)21-16(28)10(4-5-12(23)24)20-17(29)14(18)9(3)22/h8-11,14,22H,4-7,18H2,1-3H3,(H,19,27)(H,20,29)(H,21,28)(H,23,24)(H,25,26). The lowest BCUT2D eigenvalue weighted by atomic mass is 10.0. The van der Waals surface area contributed by atoms with E-state index in [2.05, 4.69) is 16.0 Å². The van der Waals surface area contributed by atoms with Gasteiger partial charge in [-0.05, 0) is 25.7 Å². The molecule has 4 unspecified atom stereocenters. The van der Waals surface area contributed by atoms with Crippen molar-refractivity contribution in [3.63, 3.8) is 0 Å². The topological polar surface area (TPSA) is 208 Å². The van der Waals surface area contributed by atoms with E-state index in [9.17, 15) is 29.1 Å². The van der Waals surface area contributed by atoms with Gasteiger partial charge in [-0.1, -0.05) is 13.8 Å². The molecule has 0 heterocycles. The number of aliphatic hydroxyl groups excluding tert-OH is 1. The lowest BCUT2D eigenvalue weighted by molar-refractivity contribution is -0.139. The van der Waals surface area contributed by atoms with Crippen molar-refractivity contribution >= 4 is 29.7 Å². The van der Waals surface area contributed by atoms with Gasteiger partial charge in [0, 0.05) is 6.42 Å². The van der Waals surface area contributed by atoms with E-state index in [0.29, 0.717) is 0 Å². The number of carboxylic acids is 2. The van der Waals surface area contributed by atoms with Crippen LogP contribution >= 0.6 is 0 Å². The number of carbonyl (C=O) groups is 5. The second-order valence-corrected chi connectivity index (χ2v) is 7.06. The van der Waals surface area contributed by atoms with Crippen LogP contribution in [0.15, 0.2) is 0 Å². The predicted octanol–water partition coefficient (Wildman–Crippen LogP) is -2.22. The first-order chi connectivity index (χ1) is 13.3. The van der Waals surface area contributed by atoms with Gasteiger partial charge >= 0.3 is 11.9 Å². The Bertz CT molecular complexity index is 608. The molecule has 166 valence electrons. The molecule has 0 aliphatic heterocycles. The van der Waals surface area contributed by atoms with E-state index in [1.807, 2.05) is 0 Å². The number of amides is 3. The lowest BCUT2D eigenvalue weighted by Gasteiger charge is -2.25. The molecule has 3 amide bonds. The summed E-state index contributed by atoms with van der Waals surface area (Å²) < 4.78 is 0. The second-order valence-electron chi connectivity index (χ2n) is 7.06. The largest absolute Gasteiger partial charge is 0.481 e. The molecule has 0 aromatic rings. The highest BCUT2D eigenvalue weighted by atomic mass is 16.4. The Morgan fingerprint density at radius 2 is 1.41 bits per heavy atom. The SMILES string of the molecule is CC(C)CC(NC(=O)C(CCC(=O)O)NC(=O)C(N)C(C)O)C(=O)NCC(=O)O. The molecule has 0 saturated heterocycles. The van der Waals surface area contributed by atoms with Gasteiger partial charge in [0.1, 0.15) is 24.7 Å².